The molecule has 1 N–H and O–H groups in total. The summed E-state index contributed by atoms with van der Waals surface area (Å²) < 4.78 is 33.9. The number of hydrogen-bond donors (Lipinski definition) is 1. The molecule has 2 aliphatic rings. The summed E-state index contributed by atoms with van der Waals surface area (Å²) in [6.45, 7) is 6.85. The third-order valence-electron chi connectivity index (χ3n) is 7.91. The topological polar surface area (TPSA) is 75.6 Å². The Morgan fingerprint density at radius 1 is 0.889 bits per heavy atom. The van der Waals surface area contributed by atoms with E-state index in [1.807, 2.05) is 18.2 Å². The lowest BCUT2D eigenvalue weighted by Crippen LogP contribution is -2.58. The predicted molar refractivity (Wildman–Crippen MR) is 137 cm³/mol. The second-order valence-electron chi connectivity index (χ2n) is 10.7. The van der Waals surface area contributed by atoms with Gasteiger partial charge in [0.2, 0.25) is 0 Å². The third-order valence-corrected chi connectivity index (χ3v) is 7.91. The van der Waals surface area contributed by atoms with Crippen molar-refractivity contribution in [2.24, 2.45) is 11.3 Å². The van der Waals surface area contributed by atoms with Crippen LogP contribution < -0.4 is 18.9 Å². The Kier molecular flexibility index (Phi) is 8.03. The van der Waals surface area contributed by atoms with Gasteiger partial charge in [-0.15, -0.1) is 0 Å². The third kappa shape index (κ3) is 5.43. The highest BCUT2D eigenvalue weighted by Crippen LogP contribution is 2.54. The summed E-state index contributed by atoms with van der Waals surface area (Å²) in [5.74, 6) is 3.21. The molecular formula is C29H40O7. The minimum atomic E-state index is -0.326. The van der Waals surface area contributed by atoms with Crippen LogP contribution in [-0.2, 0) is 28.7 Å². The lowest BCUT2D eigenvalue weighted by Gasteiger charge is -2.55. The van der Waals surface area contributed by atoms with E-state index in [1.165, 1.54) is 5.56 Å². The molecular weight excluding hydrogens is 460 g/mol. The van der Waals surface area contributed by atoms with Crippen LogP contribution in [0.25, 0.3) is 0 Å². The number of ether oxygens (including phenoxy) is 6. The van der Waals surface area contributed by atoms with Crippen molar-refractivity contribution in [1.29, 1.82) is 0 Å². The van der Waals surface area contributed by atoms with Gasteiger partial charge in [-0.3, -0.25) is 0 Å². The Bertz CT molecular complexity index is 1020. The number of hydrogen-bond acceptors (Lipinski definition) is 7. The largest absolute Gasteiger partial charge is 0.493 e. The molecule has 3 atom stereocenters. The molecule has 1 aliphatic carbocycles. The van der Waals surface area contributed by atoms with Gasteiger partial charge in [0.1, 0.15) is 17.1 Å². The Morgan fingerprint density at radius 2 is 1.50 bits per heavy atom. The van der Waals surface area contributed by atoms with Gasteiger partial charge in [-0.2, -0.15) is 0 Å². The van der Waals surface area contributed by atoms with E-state index in [2.05, 4.69) is 32.9 Å². The second kappa shape index (κ2) is 10.9. The smallest absolute Gasteiger partial charge is 0.188 e. The first-order valence-electron chi connectivity index (χ1n) is 12.6. The molecule has 1 saturated carbocycles. The lowest BCUT2D eigenvalue weighted by molar-refractivity contribution is -0.138. The van der Waals surface area contributed by atoms with Crippen LogP contribution >= 0.6 is 0 Å². The summed E-state index contributed by atoms with van der Waals surface area (Å²) in [4.78, 5) is 0. The van der Waals surface area contributed by atoms with Crippen molar-refractivity contribution in [3.05, 3.63) is 47.0 Å². The van der Waals surface area contributed by atoms with E-state index in [0.717, 1.165) is 54.7 Å². The van der Waals surface area contributed by atoms with E-state index in [4.69, 9.17) is 28.4 Å². The number of aliphatic hydroxyl groups is 1. The van der Waals surface area contributed by atoms with E-state index in [1.54, 1.807) is 21.3 Å². The zero-order valence-corrected chi connectivity index (χ0v) is 22.4. The number of methoxy groups -OCH3 is 3. The Labute approximate surface area is 214 Å². The molecule has 1 fully saturated rings. The first kappa shape index (κ1) is 26.6. The molecule has 0 amide bonds. The number of rotatable bonds is 10. The molecule has 1 aliphatic heterocycles. The van der Waals surface area contributed by atoms with Crippen LogP contribution in [0.1, 0.15) is 50.3 Å². The standard InChI is InChI=1S/C29H40O7/c1-28(2)25-15-21-11-19(14-24(33-6)27(21)36-29(25,3)10-9-26(28)30)7-8-20-12-22(34-17-31-4)16-23(13-20)35-18-32-5/h11-14,16,25-26,30H,7-10,15,17-18H2,1-6H3/t25-,26-,29-/m1/s1. The van der Waals surface area contributed by atoms with Crippen LogP contribution in [0.15, 0.2) is 30.3 Å². The molecule has 0 spiro atoms. The van der Waals surface area contributed by atoms with Gasteiger partial charge >= 0.3 is 0 Å². The van der Waals surface area contributed by atoms with Gasteiger partial charge in [0.25, 0.3) is 0 Å². The molecule has 0 saturated heterocycles. The van der Waals surface area contributed by atoms with Crippen LogP contribution in [-0.4, -0.2) is 51.7 Å². The van der Waals surface area contributed by atoms with Gasteiger partial charge in [-0.1, -0.05) is 19.9 Å². The zero-order valence-electron chi connectivity index (χ0n) is 22.4. The zero-order chi connectivity index (χ0) is 25.9. The van der Waals surface area contributed by atoms with Gasteiger partial charge in [0, 0.05) is 26.2 Å². The van der Waals surface area contributed by atoms with Crippen LogP contribution in [0.4, 0.5) is 0 Å². The Hall–Kier alpha value is -2.48. The van der Waals surface area contributed by atoms with Crippen molar-refractivity contribution in [3.63, 3.8) is 0 Å². The van der Waals surface area contributed by atoms with Gasteiger partial charge in [-0.25, -0.2) is 0 Å². The van der Waals surface area contributed by atoms with Crippen molar-refractivity contribution in [3.8, 4) is 23.0 Å². The normalized spacial score (nSPS) is 24.3. The van der Waals surface area contributed by atoms with Crippen molar-refractivity contribution >= 4 is 0 Å². The monoisotopic (exact) mass is 500 g/mol. The van der Waals surface area contributed by atoms with Crippen LogP contribution in [0, 0.1) is 11.3 Å². The highest BCUT2D eigenvalue weighted by Gasteiger charge is 2.54. The molecule has 0 bridgehead atoms. The second-order valence-corrected chi connectivity index (χ2v) is 10.7. The quantitative estimate of drug-likeness (QED) is 0.463. The molecule has 1 heterocycles. The van der Waals surface area contributed by atoms with E-state index < -0.39 is 0 Å². The average molecular weight is 501 g/mol. The lowest BCUT2D eigenvalue weighted by atomic mass is 9.57. The summed E-state index contributed by atoms with van der Waals surface area (Å²) >= 11 is 0. The van der Waals surface area contributed by atoms with E-state index in [9.17, 15) is 5.11 Å². The van der Waals surface area contributed by atoms with E-state index in [-0.39, 0.29) is 36.6 Å². The fraction of sp³-hybridized carbons (Fsp3) is 0.586. The summed E-state index contributed by atoms with van der Waals surface area (Å²) in [5, 5.41) is 10.7. The summed E-state index contributed by atoms with van der Waals surface area (Å²) in [7, 11) is 4.88. The van der Waals surface area contributed by atoms with E-state index >= 15 is 0 Å². The number of benzene rings is 2. The molecule has 0 unspecified atom stereocenters. The highest BCUT2D eigenvalue weighted by molar-refractivity contribution is 5.52. The molecule has 7 heteroatoms. The van der Waals surface area contributed by atoms with Gasteiger partial charge in [-0.05, 0) is 79.3 Å². The SMILES string of the molecule is COCOc1cc(CCc2cc3c(c(OC)c2)O[C@]2(C)CC[C@@H](O)C(C)(C)[C@H]2C3)cc(OCOC)c1. The van der Waals surface area contributed by atoms with Crippen molar-refractivity contribution in [1.82, 2.24) is 0 Å². The molecule has 36 heavy (non-hydrogen) atoms. The van der Waals surface area contributed by atoms with Crippen LogP contribution in [0.3, 0.4) is 0 Å². The molecule has 2 aromatic rings. The first-order valence-corrected chi connectivity index (χ1v) is 12.6. The molecule has 7 nitrogen and oxygen atoms in total. The van der Waals surface area contributed by atoms with Gasteiger partial charge in [0.15, 0.2) is 25.1 Å². The maximum atomic E-state index is 10.7. The summed E-state index contributed by atoms with van der Waals surface area (Å²) in [6.07, 6.45) is 3.72. The Morgan fingerprint density at radius 3 is 2.08 bits per heavy atom. The molecule has 4 rings (SSSR count). The van der Waals surface area contributed by atoms with Crippen LogP contribution in [0.5, 0.6) is 23.0 Å². The minimum Gasteiger partial charge on any atom is -0.493 e. The summed E-state index contributed by atoms with van der Waals surface area (Å²) in [6, 6.07) is 10.2. The minimum absolute atomic E-state index is 0.167. The van der Waals surface area contributed by atoms with Crippen molar-refractivity contribution in [2.75, 3.05) is 34.9 Å². The number of fused-ring (bicyclic) bond motifs is 2. The van der Waals surface area contributed by atoms with Gasteiger partial charge < -0.3 is 33.5 Å². The molecule has 198 valence electrons. The summed E-state index contributed by atoms with van der Waals surface area (Å²) in [5.41, 5.74) is 2.87. The fourth-order valence-electron chi connectivity index (χ4n) is 5.81. The Balaban J connectivity index is 1.57. The highest BCUT2D eigenvalue weighted by atomic mass is 16.7. The first-order chi connectivity index (χ1) is 17.2. The number of aryl methyl sites for hydroxylation is 2. The van der Waals surface area contributed by atoms with Crippen molar-refractivity contribution in [2.45, 2.75) is 64.6 Å². The van der Waals surface area contributed by atoms with Crippen LogP contribution in [0.2, 0.25) is 0 Å². The molecule has 0 aromatic heterocycles. The van der Waals surface area contributed by atoms with E-state index in [0.29, 0.717) is 11.5 Å². The molecule has 2 aromatic carbocycles. The maximum Gasteiger partial charge on any atom is 0.188 e. The van der Waals surface area contributed by atoms with Crippen molar-refractivity contribution < 1.29 is 33.5 Å². The predicted octanol–water partition coefficient (Wildman–Crippen LogP) is 4.94. The van der Waals surface area contributed by atoms with Gasteiger partial charge in [0.05, 0.1) is 13.2 Å². The number of aliphatic hydroxyl groups excluding tert-OH is 1. The molecule has 0 radical (unpaired) electrons. The maximum absolute atomic E-state index is 10.7. The average Bonchev–Trinajstić information content (AvgIpc) is 2.86. The fourth-order valence-corrected chi connectivity index (χ4v) is 5.81.